The van der Waals surface area contributed by atoms with Gasteiger partial charge in [0.15, 0.2) is 0 Å². The number of phenolic OH excluding ortho intramolecular Hbond substituents is 2. The smallest absolute Gasteiger partial charge is 0.133 e. The molecule has 0 unspecified atom stereocenters. The number of phenols is 2. The summed E-state index contributed by atoms with van der Waals surface area (Å²) in [6.45, 7) is 12.3. The zero-order chi connectivity index (χ0) is 13.4. The van der Waals surface area contributed by atoms with E-state index in [1.807, 2.05) is 20.8 Å². The summed E-state index contributed by atoms with van der Waals surface area (Å²) >= 11 is 1.47. The number of benzene rings is 1. The zero-order valence-corrected chi connectivity index (χ0v) is 12.3. The number of hydrogen-bond donors (Lipinski definition) is 2. The molecule has 1 aromatic carbocycles. The van der Waals surface area contributed by atoms with Crippen LogP contribution < -0.4 is 0 Å². The highest BCUT2D eigenvalue weighted by atomic mass is 32.2. The third kappa shape index (κ3) is 3.84. The first-order chi connectivity index (χ1) is 7.50. The van der Waals surface area contributed by atoms with E-state index in [2.05, 4.69) is 20.8 Å². The summed E-state index contributed by atoms with van der Waals surface area (Å²) in [6, 6.07) is 3.49. The number of rotatable bonds is 1. The fourth-order valence-electron chi connectivity index (χ4n) is 1.44. The lowest BCUT2D eigenvalue weighted by Crippen LogP contribution is -2.11. The van der Waals surface area contributed by atoms with Crippen LogP contribution in [-0.4, -0.2) is 15.0 Å². The van der Waals surface area contributed by atoms with Crippen molar-refractivity contribution >= 4 is 11.8 Å². The van der Waals surface area contributed by atoms with Crippen molar-refractivity contribution in [2.75, 3.05) is 0 Å². The molecular formula is C14H22O2S. The van der Waals surface area contributed by atoms with Crippen molar-refractivity contribution in [3.05, 3.63) is 17.7 Å². The van der Waals surface area contributed by atoms with Gasteiger partial charge in [-0.05, 0) is 23.1 Å². The monoisotopic (exact) mass is 254 g/mol. The highest BCUT2D eigenvalue weighted by Crippen LogP contribution is 2.45. The van der Waals surface area contributed by atoms with E-state index < -0.39 is 0 Å². The molecule has 2 N–H and O–H groups in total. The van der Waals surface area contributed by atoms with Crippen molar-refractivity contribution in [2.24, 2.45) is 0 Å². The van der Waals surface area contributed by atoms with Crippen LogP contribution in [0.25, 0.3) is 0 Å². The minimum absolute atomic E-state index is 0.0434. The van der Waals surface area contributed by atoms with Crippen LogP contribution in [0, 0.1) is 0 Å². The first kappa shape index (κ1) is 14.2. The summed E-state index contributed by atoms with van der Waals surface area (Å²) in [5.41, 5.74) is 0.852. The number of aromatic hydroxyl groups is 2. The molecule has 0 heterocycles. The fourth-order valence-corrected chi connectivity index (χ4v) is 2.38. The fraction of sp³-hybridized carbons (Fsp3) is 0.571. The number of thioether (sulfide) groups is 1. The standard InChI is InChI=1S/C14H22O2S/c1-13(2,3)9-7-10(15)12(11(16)8-9)17-14(4,5)6/h7-8,15-16H,1-6H3. The quantitative estimate of drug-likeness (QED) is 0.735. The third-order valence-corrected chi connectivity index (χ3v) is 3.56. The van der Waals surface area contributed by atoms with Crippen LogP contribution in [0.15, 0.2) is 17.0 Å². The van der Waals surface area contributed by atoms with E-state index >= 15 is 0 Å². The van der Waals surface area contributed by atoms with Gasteiger partial charge in [-0.3, -0.25) is 0 Å². The van der Waals surface area contributed by atoms with Gasteiger partial charge in [0.25, 0.3) is 0 Å². The lowest BCUT2D eigenvalue weighted by atomic mass is 9.87. The molecule has 0 aliphatic heterocycles. The Hall–Kier alpha value is -0.830. The highest BCUT2D eigenvalue weighted by molar-refractivity contribution is 8.00. The van der Waals surface area contributed by atoms with E-state index in [1.54, 1.807) is 12.1 Å². The normalized spacial score (nSPS) is 12.8. The summed E-state index contributed by atoms with van der Waals surface area (Å²) in [6.07, 6.45) is 0. The Labute approximate surface area is 108 Å². The van der Waals surface area contributed by atoms with Crippen molar-refractivity contribution < 1.29 is 10.2 Å². The highest BCUT2D eigenvalue weighted by Gasteiger charge is 2.22. The van der Waals surface area contributed by atoms with Crippen LogP contribution in [-0.2, 0) is 5.41 Å². The Kier molecular flexibility index (Phi) is 3.72. The van der Waals surface area contributed by atoms with Crippen LogP contribution in [0.2, 0.25) is 0 Å². The summed E-state index contributed by atoms with van der Waals surface area (Å²) in [4.78, 5) is 0.561. The minimum atomic E-state index is -0.0834. The average molecular weight is 254 g/mol. The van der Waals surface area contributed by atoms with Crippen LogP contribution in [0.3, 0.4) is 0 Å². The second kappa shape index (κ2) is 4.45. The molecule has 0 aromatic heterocycles. The molecule has 0 fully saturated rings. The van der Waals surface area contributed by atoms with E-state index in [0.717, 1.165) is 5.56 Å². The molecule has 0 saturated carbocycles. The minimum Gasteiger partial charge on any atom is -0.507 e. The van der Waals surface area contributed by atoms with Gasteiger partial charge in [-0.2, -0.15) is 0 Å². The maximum absolute atomic E-state index is 10.0. The van der Waals surface area contributed by atoms with Gasteiger partial charge in [0, 0.05) is 4.75 Å². The predicted octanol–water partition coefficient (Wildman–Crippen LogP) is 4.29. The molecule has 1 aromatic rings. The average Bonchev–Trinajstić information content (AvgIpc) is 2.07. The maximum atomic E-state index is 10.0. The summed E-state index contributed by atoms with van der Waals surface area (Å²) in [5, 5.41) is 20.0. The van der Waals surface area contributed by atoms with E-state index in [9.17, 15) is 10.2 Å². The molecule has 3 heteroatoms. The summed E-state index contributed by atoms with van der Waals surface area (Å²) in [7, 11) is 0. The van der Waals surface area contributed by atoms with Gasteiger partial charge in [0.2, 0.25) is 0 Å². The molecule has 0 aliphatic rings. The first-order valence-corrected chi connectivity index (χ1v) is 6.58. The van der Waals surface area contributed by atoms with E-state index in [1.165, 1.54) is 11.8 Å². The molecule has 0 amide bonds. The number of hydrogen-bond acceptors (Lipinski definition) is 3. The largest absolute Gasteiger partial charge is 0.507 e. The third-order valence-electron chi connectivity index (χ3n) is 2.32. The van der Waals surface area contributed by atoms with Gasteiger partial charge in [0.1, 0.15) is 11.5 Å². The van der Waals surface area contributed by atoms with E-state index in [4.69, 9.17) is 0 Å². The molecule has 96 valence electrons. The van der Waals surface area contributed by atoms with E-state index in [-0.39, 0.29) is 21.7 Å². The summed E-state index contributed by atoms with van der Waals surface area (Å²) < 4.78 is -0.0434. The molecule has 2 nitrogen and oxygen atoms in total. The molecule has 17 heavy (non-hydrogen) atoms. The maximum Gasteiger partial charge on any atom is 0.133 e. The van der Waals surface area contributed by atoms with Crippen molar-refractivity contribution in [1.29, 1.82) is 0 Å². The van der Waals surface area contributed by atoms with Crippen molar-refractivity contribution in [3.63, 3.8) is 0 Å². The van der Waals surface area contributed by atoms with Gasteiger partial charge in [-0.15, -0.1) is 11.8 Å². The van der Waals surface area contributed by atoms with Gasteiger partial charge in [-0.25, -0.2) is 0 Å². The Morgan fingerprint density at radius 3 is 1.59 bits per heavy atom. The second-order valence-electron chi connectivity index (χ2n) is 6.31. The zero-order valence-electron chi connectivity index (χ0n) is 11.5. The first-order valence-electron chi connectivity index (χ1n) is 5.76. The SMILES string of the molecule is CC(C)(C)Sc1c(O)cc(C(C)(C)C)cc1O. The van der Waals surface area contributed by atoms with Crippen molar-refractivity contribution in [1.82, 2.24) is 0 Å². The van der Waals surface area contributed by atoms with Gasteiger partial charge in [0.05, 0.1) is 4.90 Å². The van der Waals surface area contributed by atoms with E-state index in [0.29, 0.717) is 4.90 Å². The Bertz CT molecular complexity index is 388. The topological polar surface area (TPSA) is 40.5 Å². The van der Waals surface area contributed by atoms with Crippen molar-refractivity contribution in [2.45, 2.75) is 56.6 Å². The van der Waals surface area contributed by atoms with Crippen LogP contribution in [0.5, 0.6) is 11.5 Å². The lowest BCUT2D eigenvalue weighted by molar-refractivity contribution is 0.422. The molecular weight excluding hydrogens is 232 g/mol. The van der Waals surface area contributed by atoms with Gasteiger partial charge < -0.3 is 10.2 Å². The summed E-state index contributed by atoms with van der Waals surface area (Å²) in [5.74, 6) is 0.324. The predicted molar refractivity (Wildman–Crippen MR) is 74.1 cm³/mol. The Morgan fingerprint density at radius 1 is 0.882 bits per heavy atom. The Morgan fingerprint density at radius 2 is 1.29 bits per heavy atom. The van der Waals surface area contributed by atoms with Crippen molar-refractivity contribution in [3.8, 4) is 11.5 Å². The van der Waals surface area contributed by atoms with Crippen LogP contribution >= 0.6 is 11.8 Å². The molecule has 0 atom stereocenters. The molecule has 0 saturated heterocycles. The molecule has 0 spiro atoms. The van der Waals surface area contributed by atoms with Crippen LogP contribution in [0.1, 0.15) is 47.1 Å². The molecule has 0 radical (unpaired) electrons. The van der Waals surface area contributed by atoms with Gasteiger partial charge >= 0.3 is 0 Å². The lowest BCUT2D eigenvalue weighted by Gasteiger charge is -2.23. The molecule has 0 aliphatic carbocycles. The molecule has 0 bridgehead atoms. The van der Waals surface area contributed by atoms with Crippen LogP contribution in [0.4, 0.5) is 0 Å². The second-order valence-corrected chi connectivity index (χ2v) is 8.15. The van der Waals surface area contributed by atoms with Gasteiger partial charge in [-0.1, -0.05) is 41.5 Å². The molecule has 1 rings (SSSR count). The Balaban J connectivity index is 3.20.